The molecule has 0 fully saturated rings. The van der Waals surface area contributed by atoms with Crippen LogP contribution in [-0.4, -0.2) is 28.0 Å². The lowest BCUT2D eigenvalue weighted by Gasteiger charge is -2.20. The minimum atomic E-state index is -1.22. The zero-order valence-corrected chi connectivity index (χ0v) is 16.2. The summed E-state index contributed by atoms with van der Waals surface area (Å²) in [6, 6.07) is 12.6. The number of benzene rings is 3. The Bertz CT molecular complexity index is 1510. The van der Waals surface area contributed by atoms with Gasteiger partial charge in [0.2, 0.25) is 0 Å². The Morgan fingerprint density at radius 3 is 2.31 bits per heavy atom. The highest BCUT2D eigenvalue weighted by Gasteiger charge is 2.28. The summed E-state index contributed by atoms with van der Waals surface area (Å²) in [5.41, 5.74) is 1.15. The molecule has 2 N–H and O–H groups in total. The highest BCUT2D eigenvalue weighted by atomic mass is 16.4. The van der Waals surface area contributed by atoms with E-state index in [-0.39, 0.29) is 39.3 Å². The van der Waals surface area contributed by atoms with E-state index in [9.17, 15) is 29.4 Å². The molecular formula is C24H13NO7. The van der Waals surface area contributed by atoms with E-state index in [2.05, 4.69) is 0 Å². The number of carboxylic acids is 1. The number of aromatic hydroxyl groups is 1. The van der Waals surface area contributed by atoms with E-state index in [1.54, 1.807) is 6.07 Å². The van der Waals surface area contributed by atoms with Gasteiger partial charge in [0.05, 0.1) is 11.3 Å². The van der Waals surface area contributed by atoms with Crippen molar-refractivity contribution in [1.29, 1.82) is 0 Å². The fourth-order valence-electron chi connectivity index (χ4n) is 3.87. The first-order valence-electron chi connectivity index (χ1n) is 9.47. The van der Waals surface area contributed by atoms with Crippen LogP contribution in [0.3, 0.4) is 0 Å². The second-order valence-corrected chi connectivity index (χ2v) is 7.20. The molecule has 0 spiro atoms. The van der Waals surface area contributed by atoms with Crippen LogP contribution in [0.2, 0.25) is 0 Å². The molecule has 2 aromatic rings. The minimum Gasteiger partial charge on any atom is -0.508 e. The van der Waals surface area contributed by atoms with Crippen molar-refractivity contribution in [3.05, 3.63) is 82.5 Å². The van der Waals surface area contributed by atoms with Gasteiger partial charge in [-0.1, -0.05) is 0 Å². The maximum absolute atomic E-state index is 12.2. The second kappa shape index (κ2) is 6.92. The van der Waals surface area contributed by atoms with Gasteiger partial charge in [-0.2, -0.15) is 0 Å². The van der Waals surface area contributed by atoms with Crippen molar-refractivity contribution >= 4 is 34.4 Å². The summed E-state index contributed by atoms with van der Waals surface area (Å²) < 4.78 is 5.80. The van der Waals surface area contributed by atoms with Crippen LogP contribution in [-0.2, 0) is 9.59 Å². The Morgan fingerprint density at radius 2 is 1.59 bits per heavy atom. The first-order valence-corrected chi connectivity index (χ1v) is 9.47. The SMILES string of the molecule is O=C(O)c1ccc(N2C(=O)C=CC2=O)cc1-c1c2ccc(=O)cc-2oc2cc(O)ccc12. The molecular weight excluding hydrogens is 414 g/mol. The van der Waals surface area contributed by atoms with E-state index < -0.39 is 17.8 Å². The van der Waals surface area contributed by atoms with Gasteiger partial charge in [0.15, 0.2) is 5.43 Å². The molecule has 3 aliphatic rings. The molecule has 2 amide bonds. The number of carbonyl (C=O) groups excluding carboxylic acids is 2. The third-order valence-electron chi connectivity index (χ3n) is 5.25. The summed E-state index contributed by atoms with van der Waals surface area (Å²) in [4.78, 5) is 49.3. The molecule has 0 aromatic heterocycles. The number of nitrogens with zero attached hydrogens (tertiary/aromatic N) is 1. The van der Waals surface area contributed by atoms with Crippen LogP contribution in [0.4, 0.5) is 5.69 Å². The Balaban J connectivity index is 1.89. The Labute approximate surface area is 179 Å². The normalized spacial score (nSPS) is 13.4. The van der Waals surface area contributed by atoms with Crippen molar-refractivity contribution in [1.82, 2.24) is 0 Å². The zero-order chi connectivity index (χ0) is 22.6. The Kier molecular flexibility index (Phi) is 4.16. The molecule has 0 atom stereocenters. The van der Waals surface area contributed by atoms with Gasteiger partial charge in [-0.3, -0.25) is 14.4 Å². The fourth-order valence-corrected chi connectivity index (χ4v) is 3.87. The lowest BCUT2D eigenvalue weighted by atomic mass is 9.90. The summed E-state index contributed by atoms with van der Waals surface area (Å²) in [5, 5.41) is 20.2. The number of carbonyl (C=O) groups is 3. The predicted molar refractivity (Wildman–Crippen MR) is 115 cm³/mol. The first-order chi connectivity index (χ1) is 15.3. The van der Waals surface area contributed by atoms with E-state index in [4.69, 9.17) is 4.42 Å². The summed E-state index contributed by atoms with van der Waals surface area (Å²) in [7, 11) is 0. The summed E-state index contributed by atoms with van der Waals surface area (Å²) >= 11 is 0. The van der Waals surface area contributed by atoms with Gasteiger partial charge in [-0.15, -0.1) is 0 Å². The smallest absolute Gasteiger partial charge is 0.336 e. The zero-order valence-electron chi connectivity index (χ0n) is 16.2. The molecule has 2 aliphatic heterocycles. The van der Waals surface area contributed by atoms with Crippen LogP contribution < -0.4 is 10.3 Å². The molecule has 0 unspecified atom stereocenters. The molecule has 0 bridgehead atoms. The average Bonchev–Trinajstić information content (AvgIpc) is 3.09. The van der Waals surface area contributed by atoms with E-state index in [0.717, 1.165) is 17.1 Å². The number of hydrogen-bond donors (Lipinski definition) is 2. The highest BCUT2D eigenvalue weighted by molar-refractivity contribution is 6.28. The average molecular weight is 427 g/mol. The van der Waals surface area contributed by atoms with Crippen LogP contribution >= 0.6 is 0 Å². The van der Waals surface area contributed by atoms with Crippen molar-refractivity contribution in [2.75, 3.05) is 4.90 Å². The highest BCUT2D eigenvalue weighted by Crippen LogP contribution is 2.43. The van der Waals surface area contributed by atoms with Crippen molar-refractivity contribution in [2.45, 2.75) is 0 Å². The summed E-state index contributed by atoms with van der Waals surface area (Å²) in [6.45, 7) is 0. The number of imide groups is 1. The van der Waals surface area contributed by atoms with Gasteiger partial charge >= 0.3 is 5.97 Å². The number of aromatic carboxylic acids is 1. The number of rotatable bonds is 3. The van der Waals surface area contributed by atoms with E-state index >= 15 is 0 Å². The molecule has 5 rings (SSSR count). The van der Waals surface area contributed by atoms with Crippen molar-refractivity contribution < 1.29 is 29.0 Å². The van der Waals surface area contributed by atoms with E-state index in [1.165, 1.54) is 48.5 Å². The molecule has 8 heteroatoms. The molecule has 2 aromatic carbocycles. The summed E-state index contributed by atoms with van der Waals surface area (Å²) in [6.07, 6.45) is 2.27. The number of hydrogen-bond acceptors (Lipinski definition) is 6. The molecule has 1 aliphatic carbocycles. The van der Waals surface area contributed by atoms with Gasteiger partial charge in [0.1, 0.15) is 17.1 Å². The first kappa shape index (κ1) is 19.3. The predicted octanol–water partition coefficient (Wildman–Crippen LogP) is 3.40. The minimum absolute atomic E-state index is 0.0728. The number of anilines is 1. The number of amides is 2. The Morgan fingerprint density at radius 1 is 0.844 bits per heavy atom. The molecule has 0 saturated carbocycles. The van der Waals surface area contributed by atoms with Gasteiger partial charge < -0.3 is 14.6 Å². The number of phenolic OH excluding ortho intramolecular Hbond substituents is 1. The standard InChI is InChI=1S/C24H13NO7/c26-13-2-5-16-19(10-13)32-20-11-14(27)3-6-17(20)23(16)18-9-12(1-4-15(18)24(30)31)25-21(28)7-8-22(25)29/h1-11,26H,(H,30,31). The van der Waals surface area contributed by atoms with Crippen LogP contribution in [0, 0.1) is 0 Å². The van der Waals surface area contributed by atoms with Crippen LogP contribution in [0.15, 0.2) is 76.0 Å². The monoisotopic (exact) mass is 427 g/mol. The number of fused-ring (bicyclic) bond motifs is 2. The number of phenols is 1. The maximum atomic E-state index is 12.2. The fraction of sp³-hybridized carbons (Fsp3) is 0. The summed E-state index contributed by atoms with van der Waals surface area (Å²) in [5.74, 6) is -2.17. The van der Waals surface area contributed by atoms with E-state index in [0.29, 0.717) is 16.5 Å². The lowest BCUT2D eigenvalue weighted by molar-refractivity contribution is -0.119. The molecule has 0 saturated heterocycles. The molecule has 2 heterocycles. The third kappa shape index (κ3) is 2.93. The van der Waals surface area contributed by atoms with Crippen molar-refractivity contribution in [3.8, 4) is 28.2 Å². The lowest BCUT2D eigenvalue weighted by Crippen LogP contribution is -2.29. The molecule has 8 nitrogen and oxygen atoms in total. The quantitative estimate of drug-likeness (QED) is 0.379. The van der Waals surface area contributed by atoms with Gasteiger partial charge in [0, 0.05) is 40.8 Å². The largest absolute Gasteiger partial charge is 0.508 e. The van der Waals surface area contributed by atoms with Gasteiger partial charge in [-0.25, -0.2) is 9.69 Å². The molecule has 32 heavy (non-hydrogen) atoms. The van der Waals surface area contributed by atoms with E-state index in [1.807, 2.05) is 0 Å². The van der Waals surface area contributed by atoms with Crippen LogP contribution in [0.1, 0.15) is 10.4 Å². The second-order valence-electron chi connectivity index (χ2n) is 7.20. The Hall–Kier alpha value is -4.72. The van der Waals surface area contributed by atoms with Crippen molar-refractivity contribution in [2.24, 2.45) is 0 Å². The van der Waals surface area contributed by atoms with Crippen molar-refractivity contribution in [3.63, 3.8) is 0 Å². The van der Waals surface area contributed by atoms with Crippen LogP contribution in [0.5, 0.6) is 5.75 Å². The topological polar surface area (TPSA) is 125 Å². The van der Waals surface area contributed by atoms with Gasteiger partial charge in [0.25, 0.3) is 11.8 Å². The molecule has 156 valence electrons. The number of carboxylic acid groups (broad SMARTS) is 1. The molecule has 0 radical (unpaired) electrons. The maximum Gasteiger partial charge on any atom is 0.336 e. The van der Waals surface area contributed by atoms with Gasteiger partial charge in [-0.05, 0) is 48.0 Å². The third-order valence-corrected chi connectivity index (χ3v) is 5.25. The van der Waals surface area contributed by atoms with Crippen LogP contribution in [0.25, 0.3) is 33.4 Å².